The first kappa shape index (κ1) is 17.5. The van der Waals surface area contributed by atoms with Gasteiger partial charge >= 0.3 is 0 Å². The number of aromatic amines is 1. The summed E-state index contributed by atoms with van der Waals surface area (Å²) in [5.41, 5.74) is 3.47. The van der Waals surface area contributed by atoms with Gasteiger partial charge in [-0.15, -0.1) is 0 Å². The number of amides is 1. The minimum Gasteiger partial charge on any atom is -0.370 e. The average molecular weight is 366 g/mol. The van der Waals surface area contributed by atoms with Crippen LogP contribution in [0.15, 0.2) is 36.5 Å². The molecule has 1 aliphatic rings. The van der Waals surface area contributed by atoms with E-state index in [1.54, 1.807) is 18.3 Å². The monoisotopic (exact) mass is 366 g/mol. The van der Waals surface area contributed by atoms with E-state index in [1.165, 1.54) is 25.0 Å². The number of fused-ring (bicyclic) bond motifs is 1. The minimum atomic E-state index is -0.256. The summed E-state index contributed by atoms with van der Waals surface area (Å²) in [5, 5.41) is 7.07. The van der Waals surface area contributed by atoms with Crippen LogP contribution in [-0.2, 0) is 6.42 Å². The number of H-pyrrole nitrogens is 1. The van der Waals surface area contributed by atoms with Gasteiger partial charge in [-0.1, -0.05) is 0 Å². The van der Waals surface area contributed by atoms with E-state index in [1.807, 2.05) is 13.0 Å². The predicted molar refractivity (Wildman–Crippen MR) is 104 cm³/mol. The number of aromatic nitrogens is 2. The highest BCUT2D eigenvalue weighted by Gasteiger charge is 2.20. The second-order valence-electron chi connectivity index (χ2n) is 7.18. The lowest BCUT2D eigenvalue weighted by atomic mass is 10.1. The number of aryl methyl sites for hydroxylation is 1. The van der Waals surface area contributed by atoms with Gasteiger partial charge in [0.25, 0.3) is 5.91 Å². The second kappa shape index (κ2) is 7.39. The lowest BCUT2D eigenvalue weighted by Gasteiger charge is -2.07. The van der Waals surface area contributed by atoms with Crippen molar-refractivity contribution in [3.8, 4) is 0 Å². The first-order chi connectivity index (χ1) is 13.1. The van der Waals surface area contributed by atoms with Crippen molar-refractivity contribution in [1.82, 2.24) is 15.3 Å². The number of halogens is 1. The van der Waals surface area contributed by atoms with Crippen LogP contribution in [0.1, 0.15) is 34.5 Å². The molecular formula is C21H23FN4O. The fourth-order valence-electron chi connectivity index (χ4n) is 3.28. The van der Waals surface area contributed by atoms with Gasteiger partial charge in [-0.2, -0.15) is 0 Å². The summed E-state index contributed by atoms with van der Waals surface area (Å²) in [6.07, 6.45) is 4.80. The summed E-state index contributed by atoms with van der Waals surface area (Å²) in [7, 11) is 0. The van der Waals surface area contributed by atoms with E-state index in [-0.39, 0.29) is 11.7 Å². The van der Waals surface area contributed by atoms with Crippen molar-refractivity contribution in [2.75, 3.05) is 18.4 Å². The number of carbonyl (C=O) groups is 1. The molecular weight excluding hydrogens is 343 g/mol. The first-order valence-corrected chi connectivity index (χ1v) is 9.35. The third kappa shape index (κ3) is 4.10. The van der Waals surface area contributed by atoms with Crippen molar-refractivity contribution in [2.24, 2.45) is 5.92 Å². The molecule has 2 heterocycles. The zero-order chi connectivity index (χ0) is 18.8. The standard InChI is InChI=1S/C21H23FN4O/c1-13-17(18-10-16(22)5-6-19(18)26-13)8-9-23-21(27)15-4-7-20(25-12-15)24-11-14-2-3-14/h4-7,10,12,14,26H,2-3,8-9,11H2,1H3,(H,23,27)(H,24,25). The fourth-order valence-corrected chi connectivity index (χ4v) is 3.28. The molecule has 0 radical (unpaired) electrons. The van der Waals surface area contributed by atoms with E-state index in [9.17, 15) is 9.18 Å². The Morgan fingerprint density at radius 2 is 2.15 bits per heavy atom. The van der Waals surface area contributed by atoms with Gasteiger partial charge in [-0.05, 0) is 68.0 Å². The van der Waals surface area contributed by atoms with Crippen molar-refractivity contribution in [2.45, 2.75) is 26.2 Å². The largest absolute Gasteiger partial charge is 0.370 e. The van der Waals surface area contributed by atoms with Gasteiger partial charge in [0, 0.05) is 35.9 Å². The van der Waals surface area contributed by atoms with Crippen molar-refractivity contribution in [3.63, 3.8) is 0 Å². The van der Waals surface area contributed by atoms with E-state index in [0.717, 1.165) is 40.4 Å². The highest BCUT2D eigenvalue weighted by Crippen LogP contribution is 2.28. The molecule has 0 unspecified atom stereocenters. The minimum absolute atomic E-state index is 0.153. The van der Waals surface area contributed by atoms with E-state index in [2.05, 4.69) is 20.6 Å². The SMILES string of the molecule is Cc1[nH]c2ccc(F)cc2c1CCNC(=O)c1ccc(NCC2CC2)nc1. The number of anilines is 1. The zero-order valence-electron chi connectivity index (χ0n) is 15.3. The summed E-state index contributed by atoms with van der Waals surface area (Å²) in [6.45, 7) is 3.39. The average Bonchev–Trinajstić information content (AvgIpc) is 3.45. The predicted octanol–water partition coefficient (Wildman–Crippen LogP) is 3.80. The highest BCUT2D eigenvalue weighted by atomic mass is 19.1. The molecule has 0 saturated heterocycles. The molecule has 1 fully saturated rings. The maximum Gasteiger partial charge on any atom is 0.252 e. The topological polar surface area (TPSA) is 69.8 Å². The van der Waals surface area contributed by atoms with Gasteiger partial charge in [0.1, 0.15) is 11.6 Å². The molecule has 0 aliphatic heterocycles. The molecule has 6 heteroatoms. The number of hydrogen-bond acceptors (Lipinski definition) is 3. The van der Waals surface area contributed by atoms with Gasteiger partial charge in [-0.3, -0.25) is 4.79 Å². The Kier molecular flexibility index (Phi) is 4.79. The number of nitrogens with zero attached hydrogens (tertiary/aromatic N) is 1. The Morgan fingerprint density at radius 3 is 2.89 bits per heavy atom. The van der Waals surface area contributed by atoms with Gasteiger partial charge in [0.15, 0.2) is 0 Å². The lowest BCUT2D eigenvalue weighted by Crippen LogP contribution is -2.26. The summed E-state index contributed by atoms with van der Waals surface area (Å²) in [4.78, 5) is 19.9. The van der Waals surface area contributed by atoms with Crippen LogP contribution < -0.4 is 10.6 Å². The molecule has 140 valence electrons. The fraction of sp³-hybridized carbons (Fsp3) is 0.333. The van der Waals surface area contributed by atoms with Crippen LogP contribution in [0.2, 0.25) is 0 Å². The molecule has 0 bridgehead atoms. The van der Waals surface area contributed by atoms with Gasteiger partial charge in [-0.25, -0.2) is 9.37 Å². The molecule has 0 spiro atoms. The van der Waals surface area contributed by atoms with E-state index in [4.69, 9.17) is 0 Å². The summed E-state index contributed by atoms with van der Waals surface area (Å²) >= 11 is 0. The number of hydrogen-bond donors (Lipinski definition) is 3. The van der Waals surface area contributed by atoms with Gasteiger partial charge in [0.05, 0.1) is 5.56 Å². The van der Waals surface area contributed by atoms with Crippen molar-refractivity contribution in [1.29, 1.82) is 0 Å². The quantitative estimate of drug-likeness (QED) is 0.596. The maximum absolute atomic E-state index is 13.5. The molecule has 4 rings (SSSR count). The summed E-state index contributed by atoms with van der Waals surface area (Å²) < 4.78 is 13.5. The van der Waals surface area contributed by atoms with Crippen LogP contribution in [0.25, 0.3) is 10.9 Å². The molecule has 5 nitrogen and oxygen atoms in total. The second-order valence-corrected chi connectivity index (χ2v) is 7.18. The van der Waals surface area contributed by atoms with Crippen molar-refractivity contribution in [3.05, 3.63) is 59.2 Å². The number of nitrogens with one attached hydrogen (secondary N) is 3. The Labute approximate surface area is 157 Å². The van der Waals surface area contributed by atoms with E-state index >= 15 is 0 Å². The third-order valence-corrected chi connectivity index (χ3v) is 5.04. The molecule has 1 amide bonds. The Bertz CT molecular complexity index is 960. The molecule has 27 heavy (non-hydrogen) atoms. The van der Waals surface area contributed by atoms with Crippen LogP contribution in [0.5, 0.6) is 0 Å². The molecule has 3 N–H and O–H groups in total. The first-order valence-electron chi connectivity index (χ1n) is 9.35. The molecule has 3 aromatic rings. The van der Waals surface area contributed by atoms with E-state index in [0.29, 0.717) is 18.5 Å². The normalized spacial score (nSPS) is 13.7. The Balaban J connectivity index is 1.34. The molecule has 1 aliphatic carbocycles. The van der Waals surface area contributed by atoms with Crippen LogP contribution in [-0.4, -0.2) is 29.0 Å². The Hall–Kier alpha value is -2.89. The van der Waals surface area contributed by atoms with Gasteiger partial charge in [0.2, 0.25) is 0 Å². The number of pyridine rings is 1. The molecule has 1 saturated carbocycles. The van der Waals surface area contributed by atoms with Gasteiger partial charge < -0.3 is 15.6 Å². The Morgan fingerprint density at radius 1 is 1.30 bits per heavy atom. The molecule has 2 aromatic heterocycles. The highest BCUT2D eigenvalue weighted by molar-refractivity contribution is 5.94. The van der Waals surface area contributed by atoms with Crippen LogP contribution in [0, 0.1) is 18.7 Å². The number of benzene rings is 1. The molecule has 0 atom stereocenters. The zero-order valence-corrected chi connectivity index (χ0v) is 15.3. The van der Waals surface area contributed by atoms with Crippen molar-refractivity contribution < 1.29 is 9.18 Å². The van der Waals surface area contributed by atoms with Crippen LogP contribution >= 0.6 is 0 Å². The maximum atomic E-state index is 13.5. The number of rotatable bonds is 7. The molecule has 1 aromatic carbocycles. The summed E-state index contributed by atoms with van der Waals surface area (Å²) in [6, 6.07) is 8.34. The van der Waals surface area contributed by atoms with Crippen LogP contribution in [0.4, 0.5) is 10.2 Å². The number of carbonyl (C=O) groups excluding carboxylic acids is 1. The van der Waals surface area contributed by atoms with Crippen LogP contribution in [0.3, 0.4) is 0 Å². The summed E-state index contributed by atoms with van der Waals surface area (Å²) in [5.74, 6) is 1.17. The third-order valence-electron chi connectivity index (χ3n) is 5.04. The smallest absolute Gasteiger partial charge is 0.252 e. The van der Waals surface area contributed by atoms with E-state index < -0.39 is 0 Å². The lowest BCUT2D eigenvalue weighted by molar-refractivity contribution is 0.0954. The van der Waals surface area contributed by atoms with Crippen molar-refractivity contribution >= 4 is 22.6 Å².